The predicted molar refractivity (Wildman–Crippen MR) is 72.9 cm³/mol. The largest absolute Gasteiger partial charge is 0.330 e. The Morgan fingerprint density at radius 2 is 2.06 bits per heavy atom. The third-order valence-corrected chi connectivity index (χ3v) is 2.94. The molecule has 0 saturated carbocycles. The molecule has 4 heteroatoms. The number of nitrogens with zero attached hydrogens (tertiary/aromatic N) is 3. The van der Waals surface area contributed by atoms with Crippen LogP contribution in [0.25, 0.3) is 5.69 Å². The molecular weight excluding hydrogens is 224 g/mol. The van der Waals surface area contributed by atoms with Crippen LogP contribution in [0.1, 0.15) is 31.1 Å². The van der Waals surface area contributed by atoms with Gasteiger partial charge in [0.05, 0.1) is 5.69 Å². The fourth-order valence-electron chi connectivity index (χ4n) is 1.99. The van der Waals surface area contributed by atoms with Crippen molar-refractivity contribution in [3.05, 3.63) is 41.5 Å². The Labute approximate surface area is 108 Å². The van der Waals surface area contributed by atoms with Crippen LogP contribution in [0.15, 0.2) is 24.3 Å². The fraction of sp³-hybridized carbons (Fsp3) is 0.429. The third kappa shape index (κ3) is 2.59. The molecule has 0 unspecified atom stereocenters. The summed E-state index contributed by atoms with van der Waals surface area (Å²) in [6, 6.07) is 8.35. The van der Waals surface area contributed by atoms with Gasteiger partial charge in [-0.3, -0.25) is 0 Å². The average molecular weight is 244 g/mol. The quantitative estimate of drug-likeness (QED) is 0.874. The highest BCUT2D eigenvalue weighted by molar-refractivity contribution is 5.36. The van der Waals surface area contributed by atoms with Gasteiger partial charge < -0.3 is 5.73 Å². The Balaban J connectivity index is 2.40. The van der Waals surface area contributed by atoms with Crippen molar-refractivity contribution >= 4 is 0 Å². The lowest BCUT2D eigenvalue weighted by Gasteiger charge is -2.06. The van der Waals surface area contributed by atoms with Crippen molar-refractivity contribution < 1.29 is 0 Å². The van der Waals surface area contributed by atoms with Crippen LogP contribution in [-0.2, 0) is 19.3 Å². The average Bonchev–Trinajstić information content (AvgIpc) is 2.83. The molecular formula is C14H20N4. The van der Waals surface area contributed by atoms with Crippen LogP contribution in [0, 0.1) is 0 Å². The molecule has 0 amide bonds. The Morgan fingerprint density at radius 3 is 2.72 bits per heavy atom. The second-order valence-electron chi connectivity index (χ2n) is 4.27. The molecule has 2 rings (SSSR count). The first-order chi connectivity index (χ1) is 8.78. The third-order valence-electron chi connectivity index (χ3n) is 2.94. The Morgan fingerprint density at radius 1 is 1.22 bits per heavy atom. The summed E-state index contributed by atoms with van der Waals surface area (Å²) in [7, 11) is 0. The van der Waals surface area contributed by atoms with Gasteiger partial charge in [0.25, 0.3) is 0 Å². The molecule has 1 aromatic heterocycles. The Bertz CT molecular complexity index is 516. The summed E-state index contributed by atoms with van der Waals surface area (Å²) in [6.45, 7) is 4.84. The van der Waals surface area contributed by atoms with E-state index in [0.29, 0.717) is 6.54 Å². The van der Waals surface area contributed by atoms with E-state index in [1.54, 1.807) is 0 Å². The molecule has 2 N–H and O–H groups in total. The van der Waals surface area contributed by atoms with E-state index < -0.39 is 0 Å². The first-order valence-corrected chi connectivity index (χ1v) is 6.52. The molecule has 0 aliphatic carbocycles. The number of rotatable bonds is 5. The van der Waals surface area contributed by atoms with Gasteiger partial charge in [-0.1, -0.05) is 26.0 Å². The summed E-state index contributed by atoms with van der Waals surface area (Å²) in [4.78, 5) is 4.53. The van der Waals surface area contributed by atoms with E-state index in [1.807, 2.05) is 10.7 Å². The van der Waals surface area contributed by atoms with Gasteiger partial charge in [0.15, 0.2) is 5.82 Å². The molecule has 96 valence electrons. The highest BCUT2D eigenvalue weighted by Gasteiger charge is 2.09. The maximum absolute atomic E-state index is 5.60. The lowest BCUT2D eigenvalue weighted by Crippen LogP contribution is -2.05. The SMILES string of the molecule is CCc1nc(CC)n(-c2cccc(CCN)c2)n1. The van der Waals surface area contributed by atoms with E-state index in [0.717, 1.165) is 36.6 Å². The smallest absolute Gasteiger partial charge is 0.151 e. The van der Waals surface area contributed by atoms with Crippen LogP contribution in [0.4, 0.5) is 0 Å². The minimum Gasteiger partial charge on any atom is -0.330 e. The van der Waals surface area contributed by atoms with Gasteiger partial charge in [0.1, 0.15) is 5.82 Å². The summed E-state index contributed by atoms with van der Waals surface area (Å²) < 4.78 is 1.94. The number of hydrogen-bond donors (Lipinski definition) is 1. The van der Waals surface area contributed by atoms with Crippen molar-refractivity contribution in [2.75, 3.05) is 6.54 Å². The second-order valence-corrected chi connectivity index (χ2v) is 4.27. The minimum absolute atomic E-state index is 0.668. The van der Waals surface area contributed by atoms with Gasteiger partial charge in [0, 0.05) is 12.8 Å². The van der Waals surface area contributed by atoms with Gasteiger partial charge in [-0.2, -0.15) is 5.10 Å². The zero-order valence-corrected chi connectivity index (χ0v) is 11.1. The van der Waals surface area contributed by atoms with E-state index in [-0.39, 0.29) is 0 Å². The van der Waals surface area contributed by atoms with Crippen LogP contribution in [0.5, 0.6) is 0 Å². The number of nitrogens with two attached hydrogens (primary N) is 1. The zero-order valence-electron chi connectivity index (χ0n) is 11.1. The molecule has 0 aliphatic rings. The van der Waals surface area contributed by atoms with Crippen LogP contribution in [0.3, 0.4) is 0 Å². The van der Waals surface area contributed by atoms with Crippen molar-refractivity contribution in [3.63, 3.8) is 0 Å². The molecule has 1 aromatic carbocycles. The van der Waals surface area contributed by atoms with Gasteiger partial charge in [-0.05, 0) is 30.7 Å². The molecule has 18 heavy (non-hydrogen) atoms. The monoisotopic (exact) mass is 244 g/mol. The Kier molecular flexibility index (Phi) is 4.10. The van der Waals surface area contributed by atoms with Gasteiger partial charge in [-0.25, -0.2) is 9.67 Å². The van der Waals surface area contributed by atoms with Crippen molar-refractivity contribution in [2.45, 2.75) is 33.1 Å². The van der Waals surface area contributed by atoms with E-state index in [4.69, 9.17) is 5.73 Å². The van der Waals surface area contributed by atoms with Gasteiger partial charge in [0.2, 0.25) is 0 Å². The van der Waals surface area contributed by atoms with E-state index in [9.17, 15) is 0 Å². The fourth-order valence-corrected chi connectivity index (χ4v) is 1.99. The molecule has 4 nitrogen and oxygen atoms in total. The topological polar surface area (TPSA) is 56.7 Å². The Hall–Kier alpha value is -1.68. The second kappa shape index (κ2) is 5.78. The van der Waals surface area contributed by atoms with E-state index >= 15 is 0 Å². The maximum Gasteiger partial charge on any atom is 0.151 e. The van der Waals surface area contributed by atoms with Crippen molar-refractivity contribution in [1.29, 1.82) is 0 Å². The van der Waals surface area contributed by atoms with Crippen molar-refractivity contribution in [2.24, 2.45) is 5.73 Å². The molecule has 0 bridgehead atoms. The molecule has 2 aromatic rings. The van der Waals surface area contributed by atoms with Crippen LogP contribution >= 0.6 is 0 Å². The van der Waals surface area contributed by atoms with Crippen LogP contribution in [-0.4, -0.2) is 21.3 Å². The number of aromatic nitrogens is 3. The summed E-state index contributed by atoms with van der Waals surface area (Å²) in [5.74, 6) is 1.91. The lowest BCUT2D eigenvalue weighted by atomic mass is 10.1. The molecule has 0 spiro atoms. The summed E-state index contributed by atoms with van der Waals surface area (Å²) in [6.07, 6.45) is 2.64. The molecule has 0 radical (unpaired) electrons. The molecule has 0 atom stereocenters. The molecule has 0 aliphatic heterocycles. The van der Waals surface area contributed by atoms with Gasteiger partial charge in [-0.15, -0.1) is 0 Å². The number of hydrogen-bond acceptors (Lipinski definition) is 3. The summed E-state index contributed by atoms with van der Waals surface area (Å²) in [5.41, 5.74) is 7.91. The number of aryl methyl sites for hydroxylation is 2. The highest BCUT2D eigenvalue weighted by atomic mass is 15.3. The summed E-state index contributed by atoms with van der Waals surface area (Å²) >= 11 is 0. The molecule has 0 fully saturated rings. The highest BCUT2D eigenvalue weighted by Crippen LogP contribution is 2.13. The predicted octanol–water partition coefficient (Wildman–Crippen LogP) is 1.89. The first-order valence-electron chi connectivity index (χ1n) is 6.52. The number of benzene rings is 1. The van der Waals surface area contributed by atoms with E-state index in [2.05, 4.69) is 42.1 Å². The normalized spacial score (nSPS) is 10.8. The molecule has 1 heterocycles. The van der Waals surface area contributed by atoms with Crippen LogP contribution < -0.4 is 5.73 Å². The zero-order chi connectivity index (χ0) is 13.0. The summed E-state index contributed by atoms with van der Waals surface area (Å²) in [5, 5.41) is 4.55. The maximum atomic E-state index is 5.60. The van der Waals surface area contributed by atoms with E-state index in [1.165, 1.54) is 5.56 Å². The lowest BCUT2D eigenvalue weighted by molar-refractivity contribution is 0.789. The van der Waals surface area contributed by atoms with Crippen molar-refractivity contribution in [1.82, 2.24) is 14.8 Å². The standard InChI is InChI=1S/C14H20N4/c1-3-13-16-14(4-2)18(17-13)12-7-5-6-11(10-12)8-9-15/h5-7,10H,3-4,8-9,15H2,1-2H3. The first kappa shape index (κ1) is 12.8. The van der Waals surface area contributed by atoms with Gasteiger partial charge >= 0.3 is 0 Å². The van der Waals surface area contributed by atoms with Crippen molar-refractivity contribution in [3.8, 4) is 5.69 Å². The minimum atomic E-state index is 0.668. The molecule has 0 saturated heterocycles. The van der Waals surface area contributed by atoms with Crippen LogP contribution in [0.2, 0.25) is 0 Å².